The number of carbonyl (C=O) groups excluding carboxylic acids is 2. The standard InChI is InChI=1S/C18H19ClN4O5S/c19-13-3-4-16(24)15(10-13)18(26)22-21-17(25)12-5-8-23(9-6-12)29(27,28)14-2-1-7-20-11-14/h1-4,7,10-12,24H,5-6,8-9H2,(H,21,25)(H,22,26). The van der Waals surface area contributed by atoms with Crippen LogP contribution >= 0.6 is 11.6 Å². The number of phenols is 1. The number of phenolic OH excluding ortho intramolecular Hbond substituents is 1. The van der Waals surface area contributed by atoms with Crippen LogP contribution in [0.15, 0.2) is 47.6 Å². The van der Waals surface area contributed by atoms with E-state index in [9.17, 15) is 23.1 Å². The van der Waals surface area contributed by atoms with Gasteiger partial charge in [0.05, 0.1) is 5.56 Å². The number of carbonyl (C=O) groups is 2. The zero-order valence-electron chi connectivity index (χ0n) is 15.2. The number of sulfonamides is 1. The predicted octanol–water partition coefficient (Wildman–Crippen LogP) is 1.30. The number of hydrogen-bond donors (Lipinski definition) is 3. The molecule has 9 nitrogen and oxygen atoms in total. The summed E-state index contributed by atoms with van der Waals surface area (Å²) in [4.78, 5) is 28.4. The van der Waals surface area contributed by atoms with Crippen molar-refractivity contribution in [2.45, 2.75) is 17.7 Å². The number of aromatic hydroxyl groups is 1. The summed E-state index contributed by atoms with van der Waals surface area (Å²) >= 11 is 5.80. The van der Waals surface area contributed by atoms with E-state index in [1.165, 1.54) is 41.0 Å². The van der Waals surface area contributed by atoms with E-state index in [0.29, 0.717) is 12.8 Å². The minimum atomic E-state index is -3.65. The van der Waals surface area contributed by atoms with Crippen LogP contribution in [0.3, 0.4) is 0 Å². The number of pyridine rings is 1. The summed E-state index contributed by atoms with van der Waals surface area (Å²) in [5.74, 6) is -1.87. The Kier molecular flexibility index (Phi) is 6.36. The molecule has 0 saturated carbocycles. The third-order valence-electron chi connectivity index (χ3n) is 4.60. The summed E-state index contributed by atoms with van der Waals surface area (Å²) in [6.45, 7) is 0.358. The van der Waals surface area contributed by atoms with E-state index < -0.39 is 27.8 Å². The maximum atomic E-state index is 12.6. The lowest BCUT2D eigenvalue weighted by Gasteiger charge is -2.30. The van der Waals surface area contributed by atoms with Gasteiger partial charge in [-0.05, 0) is 43.2 Å². The van der Waals surface area contributed by atoms with Gasteiger partial charge in [-0.2, -0.15) is 4.31 Å². The Labute approximate surface area is 172 Å². The first-order chi connectivity index (χ1) is 13.8. The molecule has 0 atom stereocenters. The first-order valence-corrected chi connectivity index (χ1v) is 10.6. The lowest BCUT2D eigenvalue weighted by atomic mass is 9.98. The first-order valence-electron chi connectivity index (χ1n) is 8.78. The van der Waals surface area contributed by atoms with Crippen LogP contribution in [0.1, 0.15) is 23.2 Å². The van der Waals surface area contributed by atoms with Crippen LogP contribution in [0, 0.1) is 5.92 Å². The molecule has 2 amide bonds. The quantitative estimate of drug-likeness (QED) is 0.617. The lowest BCUT2D eigenvalue weighted by Crippen LogP contribution is -2.48. The maximum absolute atomic E-state index is 12.6. The zero-order valence-corrected chi connectivity index (χ0v) is 16.8. The Hall–Kier alpha value is -2.69. The van der Waals surface area contributed by atoms with Crippen molar-refractivity contribution in [2.24, 2.45) is 5.92 Å². The predicted molar refractivity (Wildman–Crippen MR) is 104 cm³/mol. The van der Waals surface area contributed by atoms with Crippen molar-refractivity contribution in [3.05, 3.63) is 53.3 Å². The van der Waals surface area contributed by atoms with Crippen LogP contribution in [0.2, 0.25) is 5.02 Å². The smallest absolute Gasteiger partial charge is 0.273 e. The van der Waals surface area contributed by atoms with Crippen LogP contribution < -0.4 is 10.9 Å². The molecule has 0 radical (unpaired) electrons. The van der Waals surface area contributed by atoms with E-state index >= 15 is 0 Å². The molecule has 29 heavy (non-hydrogen) atoms. The molecule has 0 unspecified atom stereocenters. The fourth-order valence-electron chi connectivity index (χ4n) is 2.98. The highest BCUT2D eigenvalue weighted by Gasteiger charge is 2.32. The zero-order chi connectivity index (χ0) is 21.0. The molecule has 1 aliphatic rings. The number of rotatable bonds is 4. The number of piperidine rings is 1. The summed E-state index contributed by atoms with van der Waals surface area (Å²) in [5, 5.41) is 9.98. The van der Waals surface area contributed by atoms with Crippen LogP contribution in [0.5, 0.6) is 5.75 Å². The van der Waals surface area contributed by atoms with E-state index in [0.717, 1.165) is 0 Å². The Bertz CT molecular complexity index is 1010. The van der Waals surface area contributed by atoms with E-state index in [2.05, 4.69) is 15.8 Å². The normalized spacial score (nSPS) is 15.6. The van der Waals surface area contributed by atoms with Crippen molar-refractivity contribution < 1.29 is 23.1 Å². The molecule has 1 aromatic heterocycles. The summed E-state index contributed by atoms with van der Waals surface area (Å²) in [6, 6.07) is 7.01. The van der Waals surface area contributed by atoms with Gasteiger partial charge in [-0.1, -0.05) is 11.6 Å². The number of nitrogens with zero attached hydrogens (tertiary/aromatic N) is 2. The van der Waals surface area contributed by atoms with Crippen LogP contribution in [0.4, 0.5) is 0 Å². The van der Waals surface area contributed by atoms with Gasteiger partial charge in [0, 0.05) is 36.4 Å². The molecule has 1 saturated heterocycles. The van der Waals surface area contributed by atoms with Crippen molar-refractivity contribution in [1.82, 2.24) is 20.1 Å². The number of nitrogens with one attached hydrogen (secondary N) is 2. The largest absolute Gasteiger partial charge is 0.507 e. The van der Waals surface area contributed by atoms with Gasteiger partial charge in [-0.3, -0.25) is 25.4 Å². The number of amides is 2. The highest BCUT2D eigenvalue weighted by molar-refractivity contribution is 7.89. The third-order valence-corrected chi connectivity index (χ3v) is 6.72. The van der Waals surface area contributed by atoms with Crippen LogP contribution in [-0.2, 0) is 14.8 Å². The summed E-state index contributed by atoms with van der Waals surface area (Å²) in [5.41, 5.74) is 4.47. The average Bonchev–Trinajstić information content (AvgIpc) is 2.74. The molecule has 0 bridgehead atoms. The molecule has 11 heteroatoms. The van der Waals surface area contributed by atoms with E-state index in [1.54, 1.807) is 6.07 Å². The molecule has 1 fully saturated rings. The summed E-state index contributed by atoms with van der Waals surface area (Å²) < 4.78 is 26.5. The molecule has 3 rings (SSSR count). The Balaban J connectivity index is 1.54. The second-order valence-electron chi connectivity index (χ2n) is 6.47. The SMILES string of the molecule is O=C(NNC(=O)C1CCN(S(=O)(=O)c2cccnc2)CC1)c1cc(Cl)ccc1O. The van der Waals surface area contributed by atoms with Crippen molar-refractivity contribution >= 4 is 33.4 Å². The van der Waals surface area contributed by atoms with Gasteiger partial charge in [0.1, 0.15) is 10.6 Å². The Morgan fingerprint density at radius 2 is 1.90 bits per heavy atom. The maximum Gasteiger partial charge on any atom is 0.273 e. The van der Waals surface area contributed by atoms with Gasteiger partial charge >= 0.3 is 0 Å². The minimum Gasteiger partial charge on any atom is -0.507 e. The molecule has 0 spiro atoms. The molecular weight excluding hydrogens is 420 g/mol. The number of hydrazine groups is 1. The minimum absolute atomic E-state index is 0.0739. The molecule has 3 N–H and O–H groups in total. The number of halogens is 1. The second kappa shape index (κ2) is 8.76. The highest BCUT2D eigenvalue weighted by Crippen LogP contribution is 2.24. The molecule has 2 aromatic rings. The van der Waals surface area contributed by atoms with Gasteiger partial charge in [-0.15, -0.1) is 0 Å². The van der Waals surface area contributed by atoms with E-state index in [1.807, 2.05) is 0 Å². The topological polar surface area (TPSA) is 129 Å². The highest BCUT2D eigenvalue weighted by atomic mass is 35.5. The Morgan fingerprint density at radius 1 is 1.17 bits per heavy atom. The number of benzene rings is 1. The van der Waals surface area contributed by atoms with Crippen LogP contribution in [-0.4, -0.2) is 47.7 Å². The van der Waals surface area contributed by atoms with Crippen LogP contribution in [0.25, 0.3) is 0 Å². The fraction of sp³-hybridized carbons (Fsp3) is 0.278. The van der Waals surface area contributed by atoms with Crippen molar-refractivity contribution in [3.8, 4) is 5.75 Å². The van der Waals surface area contributed by atoms with Gasteiger partial charge in [0.15, 0.2) is 0 Å². The molecule has 0 aliphatic carbocycles. The van der Waals surface area contributed by atoms with Gasteiger partial charge in [0.2, 0.25) is 15.9 Å². The fourth-order valence-corrected chi connectivity index (χ4v) is 4.59. The molecule has 2 heterocycles. The van der Waals surface area contributed by atoms with E-state index in [4.69, 9.17) is 11.6 Å². The average molecular weight is 439 g/mol. The van der Waals surface area contributed by atoms with Crippen molar-refractivity contribution in [1.29, 1.82) is 0 Å². The first kappa shape index (κ1) is 21.0. The summed E-state index contributed by atoms with van der Waals surface area (Å²) in [6.07, 6.45) is 3.40. The van der Waals surface area contributed by atoms with E-state index in [-0.39, 0.29) is 34.3 Å². The molecule has 1 aliphatic heterocycles. The van der Waals surface area contributed by atoms with Crippen molar-refractivity contribution in [3.63, 3.8) is 0 Å². The molecule has 154 valence electrons. The van der Waals surface area contributed by atoms with Gasteiger partial charge in [-0.25, -0.2) is 8.42 Å². The van der Waals surface area contributed by atoms with Gasteiger partial charge < -0.3 is 5.11 Å². The number of hydrogen-bond acceptors (Lipinski definition) is 6. The van der Waals surface area contributed by atoms with Crippen molar-refractivity contribution in [2.75, 3.05) is 13.1 Å². The summed E-state index contributed by atoms with van der Waals surface area (Å²) in [7, 11) is -3.65. The monoisotopic (exact) mass is 438 g/mol. The van der Waals surface area contributed by atoms with Gasteiger partial charge in [0.25, 0.3) is 5.91 Å². The lowest BCUT2D eigenvalue weighted by molar-refractivity contribution is -0.126. The third kappa shape index (κ3) is 4.84. The molecule has 1 aromatic carbocycles. The second-order valence-corrected chi connectivity index (χ2v) is 8.85. The number of aromatic nitrogens is 1. The molecular formula is C18H19ClN4O5S. The Morgan fingerprint density at radius 3 is 2.55 bits per heavy atom.